The molecule has 3 aromatic carbocycles. The molecule has 0 bridgehead atoms. The molecule has 0 heterocycles. The Labute approximate surface area is 202 Å². The highest BCUT2D eigenvalue weighted by Crippen LogP contribution is 2.24. The standard InChI is InChI=1S/C25H24ClN3O3S/c1-17-3-9-21(10-4-17)28-24(30)16-32-22-11-5-19(6-12-22)15-27-29-25(31)18(2)33-23-13-7-20(26)8-14-23/h3-15,18H,16H2,1-2H3,(H,28,30)(H,29,31)/b27-15-/t18-/m1/s1. The minimum atomic E-state index is -0.315. The van der Waals surface area contributed by atoms with E-state index in [1.54, 1.807) is 42.6 Å². The molecule has 0 unspecified atom stereocenters. The van der Waals surface area contributed by atoms with E-state index in [1.807, 2.05) is 50.2 Å². The Morgan fingerprint density at radius 1 is 1.03 bits per heavy atom. The van der Waals surface area contributed by atoms with Gasteiger partial charge in [-0.3, -0.25) is 9.59 Å². The number of ether oxygens (including phenoxy) is 1. The topological polar surface area (TPSA) is 79.8 Å². The minimum Gasteiger partial charge on any atom is -0.484 e. The van der Waals surface area contributed by atoms with E-state index in [0.717, 1.165) is 21.7 Å². The molecular weight excluding hydrogens is 458 g/mol. The Balaban J connectivity index is 1.41. The fraction of sp³-hybridized carbons (Fsp3) is 0.160. The van der Waals surface area contributed by atoms with Crippen LogP contribution in [0.5, 0.6) is 5.75 Å². The molecule has 0 aromatic heterocycles. The molecule has 0 aliphatic heterocycles. The number of thioether (sulfide) groups is 1. The molecule has 1 atom stereocenters. The van der Waals surface area contributed by atoms with Crippen molar-refractivity contribution in [3.05, 3.63) is 88.9 Å². The normalized spacial score (nSPS) is 11.7. The van der Waals surface area contributed by atoms with Gasteiger partial charge in [-0.2, -0.15) is 5.10 Å². The summed E-state index contributed by atoms with van der Waals surface area (Å²) in [4.78, 5) is 25.2. The maximum absolute atomic E-state index is 12.2. The van der Waals surface area contributed by atoms with Gasteiger partial charge >= 0.3 is 0 Å². The molecular formula is C25H24ClN3O3S. The number of nitrogens with zero attached hydrogens (tertiary/aromatic N) is 1. The van der Waals surface area contributed by atoms with Crippen molar-refractivity contribution in [2.45, 2.75) is 24.0 Å². The van der Waals surface area contributed by atoms with Crippen LogP contribution < -0.4 is 15.5 Å². The first-order valence-electron chi connectivity index (χ1n) is 10.2. The molecule has 3 rings (SSSR count). The molecule has 0 spiro atoms. The summed E-state index contributed by atoms with van der Waals surface area (Å²) >= 11 is 7.30. The van der Waals surface area contributed by atoms with Crippen molar-refractivity contribution in [2.24, 2.45) is 5.10 Å². The summed E-state index contributed by atoms with van der Waals surface area (Å²) < 4.78 is 5.52. The van der Waals surface area contributed by atoms with Gasteiger partial charge in [-0.1, -0.05) is 29.3 Å². The summed E-state index contributed by atoms with van der Waals surface area (Å²) in [5.41, 5.74) is 5.17. The number of halogens is 1. The number of benzene rings is 3. The highest BCUT2D eigenvalue weighted by molar-refractivity contribution is 8.00. The van der Waals surface area contributed by atoms with Crippen molar-refractivity contribution in [3.8, 4) is 5.75 Å². The molecule has 0 saturated heterocycles. The fourth-order valence-electron chi connectivity index (χ4n) is 2.67. The minimum absolute atomic E-state index is 0.0967. The Bertz CT molecular complexity index is 1100. The number of aryl methyl sites for hydroxylation is 1. The lowest BCUT2D eigenvalue weighted by molar-refractivity contribution is -0.120. The molecule has 170 valence electrons. The van der Waals surface area contributed by atoms with E-state index in [2.05, 4.69) is 15.8 Å². The van der Waals surface area contributed by atoms with Gasteiger partial charge in [-0.25, -0.2) is 5.43 Å². The van der Waals surface area contributed by atoms with E-state index in [-0.39, 0.29) is 23.7 Å². The number of anilines is 1. The van der Waals surface area contributed by atoms with E-state index in [1.165, 1.54) is 11.8 Å². The van der Waals surface area contributed by atoms with Gasteiger partial charge in [0.05, 0.1) is 11.5 Å². The zero-order chi connectivity index (χ0) is 23.6. The average Bonchev–Trinajstić information content (AvgIpc) is 2.81. The maximum Gasteiger partial charge on any atom is 0.262 e. The predicted molar refractivity (Wildman–Crippen MR) is 134 cm³/mol. The summed E-state index contributed by atoms with van der Waals surface area (Å²) in [6, 6.07) is 21.9. The van der Waals surface area contributed by atoms with Crippen molar-refractivity contribution < 1.29 is 14.3 Å². The molecule has 2 amide bonds. The fourth-order valence-corrected chi connectivity index (χ4v) is 3.65. The van der Waals surface area contributed by atoms with Crippen LogP contribution in [0.25, 0.3) is 0 Å². The first kappa shape index (κ1) is 24.4. The molecule has 33 heavy (non-hydrogen) atoms. The van der Waals surface area contributed by atoms with Gasteiger partial charge in [0.2, 0.25) is 0 Å². The van der Waals surface area contributed by atoms with E-state index in [0.29, 0.717) is 10.8 Å². The van der Waals surface area contributed by atoms with Crippen molar-refractivity contribution in [1.29, 1.82) is 0 Å². The zero-order valence-corrected chi connectivity index (χ0v) is 19.8. The number of carbonyl (C=O) groups is 2. The summed E-state index contributed by atoms with van der Waals surface area (Å²) in [6.07, 6.45) is 1.55. The number of hydrazone groups is 1. The van der Waals surface area contributed by atoms with Crippen molar-refractivity contribution in [3.63, 3.8) is 0 Å². The average molecular weight is 482 g/mol. The SMILES string of the molecule is Cc1ccc(NC(=O)COc2ccc(/C=N\NC(=O)[C@@H](C)Sc3ccc(Cl)cc3)cc2)cc1. The van der Waals surface area contributed by atoms with Gasteiger partial charge in [-0.05, 0) is 80.1 Å². The van der Waals surface area contributed by atoms with Crippen LogP contribution in [0.1, 0.15) is 18.1 Å². The number of amides is 2. The number of hydrogen-bond donors (Lipinski definition) is 2. The second kappa shape index (κ2) is 12.1. The Hall–Kier alpha value is -3.29. The third kappa shape index (κ3) is 8.29. The molecule has 0 fully saturated rings. The van der Waals surface area contributed by atoms with Crippen LogP contribution >= 0.6 is 23.4 Å². The lowest BCUT2D eigenvalue weighted by atomic mass is 10.2. The Morgan fingerprint density at radius 2 is 1.70 bits per heavy atom. The van der Waals surface area contributed by atoms with E-state index >= 15 is 0 Å². The van der Waals surface area contributed by atoms with Crippen molar-refractivity contribution in [2.75, 3.05) is 11.9 Å². The smallest absolute Gasteiger partial charge is 0.262 e. The third-order valence-electron chi connectivity index (χ3n) is 4.47. The maximum atomic E-state index is 12.2. The van der Waals surface area contributed by atoms with Crippen LogP contribution in [0.3, 0.4) is 0 Å². The molecule has 3 aromatic rings. The van der Waals surface area contributed by atoms with E-state index in [9.17, 15) is 9.59 Å². The quantitative estimate of drug-likeness (QED) is 0.247. The second-order valence-electron chi connectivity index (χ2n) is 7.22. The molecule has 2 N–H and O–H groups in total. The summed E-state index contributed by atoms with van der Waals surface area (Å²) in [5, 5.41) is 7.14. The molecule has 8 heteroatoms. The Kier molecular flexibility index (Phi) is 8.92. The summed E-state index contributed by atoms with van der Waals surface area (Å²) in [6.45, 7) is 3.70. The van der Waals surface area contributed by atoms with Gasteiger partial charge in [0.1, 0.15) is 5.75 Å². The summed E-state index contributed by atoms with van der Waals surface area (Å²) in [5.74, 6) is 0.117. The van der Waals surface area contributed by atoms with Crippen LogP contribution in [-0.2, 0) is 9.59 Å². The molecule has 0 saturated carbocycles. The van der Waals surface area contributed by atoms with Crippen LogP contribution in [-0.4, -0.2) is 29.9 Å². The highest BCUT2D eigenvalue weighted by atomic mass is 35.5. The second-order valence-corrected chi connectivity index (χ2v) is 9.07. The predicted octanol–water partition coefficient (Wildman–Crippen LogP) is 5.30. The highest BCUT2D eigenvalue weighted by Gasteiger charge is 2.13. The number of nitrogens with one attached hydrogen (secondary N) is 2. The van der Waals surface area contributed by atoms with Gasteiger partial charge in [-0.15, -0.1) is 11.8 Å². The monoisotopic (exact) mass is 481 g/mol. The van der Waals surface area contributed by atoms with Crippen LogP contribution in [0.4, 0.5) is 5.69 Å². The zero-order valence-electron chi connectivity index (χ0n) is 18.2. The van der Waals surface area contributed by atoms with Crippen LogP contribution in [0.2, 0.25) is 5.02 Å². The van der Waals surface area contributed by atoms with Gasteiger partial charge < -0.3 is 10.1 Å². The Morgan fingerprint density at radius 3 is 2.36 bits per heavy atom. The molecule has 0 aliphatic rings. The number of carbonyl (C=O) groups excluding carboxylic acids is 2. The first-order valence-corrected chi connectivity index (χ1v) is 11.5. The molecule has 6 nitrogen and oxygen atoms in total. The summed E-state index contributed by atoms with van der Waals surface area (Å²) in [7, 11) is 0. The van der Waals surface area contributed by atoms with Gasteiger partial charge in [0.15, 0.2) is 6.61 Å². The van der Waals surface area contributed by atoms with Gasteiger partial charge in [0.25, 0.3) is 11.8 Å². The number of rotatable bonds is 9. The van der Waals surface area contributed by atoms with Crippen molar-refractivity contribution >= 4 is 47.1 Å². The lowest BCUT2D eigenvalue weighted by Gasteiger charge is -2.09. The third-order valence-corrected chi connectivity index (χ3v) is 5.83. The van der Waals surface area contributed by atoms with Gasteiger partial charge in [0, 0.05) is 15.6 Å². The number of hydrogen-bond acceptors (Lipinski definition) is 5. The first-order chi connectivity index (χ1) is 15.9. The molecule has 0 aliphatic carbocycles. The molecule has 0 radical (unpaired) electrons. The van der Waals surface area contributed by atoms with Crippen molar-refractivity contribution in [1.82, 2.24) is 5.43 Å². The van der Waals surface area contributed by atoms with E-state index < -0.39 is 0 Å². The van der Waals surface area contributed by atoms with Crippen LogP contribution in [0, 0.1) is 6.92 Å². The van der Waals surface area contributed by atoms with Crippen LogP contribution in [0.15, 0.2) is 82.8 Å². The lowest BCUT2D eigenvalue weighted by Crippen LogP contribution is -2.26. The largest absolute Gasteiger partial charge is 0.484 e. The van der Waals surface area contributed by atoms with E-state index in [4.69, 9.17) is 16.3 Å².